The molecule has 0 aliphatic heterocycles. The molecule has 0 bridgehead atoms. The zero-order chi connectivity index (χ0) is 7.56. The van der Waals surface area contributed by atoms with Gasteiger partial charge in [0.25, 0.3) is 0 Å². The fourth-order valence-corrected chi connectivity index (χ4v) is 0.711. The summed E-state index contributed by atoms with van der Waals surface area (Å²) >= 11 is 0. The van der Waals surface area contributed by atoms with Crippen LogP contribution in [0.2, 0.25) is 0 Å². The van der Waals surface area contributed by atoms with Gasteiger partial charge in [0, 0.05) is 29.9 Å². The molecule has 3 nitrogen and oxygen atoms in total. The molecule has 1 aromatic heterocycles. The molecule has 0 spiro atoms. The number of nitrogens with zero attached hydrogens (tertiary/aromatic N) is 1. The average molecular weight is 135 g/mol. The lowest BCUT2D eigenvalue weighted by Gasteiger charge is -2.00. The minimum absolute atomic E-state index is 0.644. The van der Waals surface area contributed by atoms with E-state index in [1.807, 2.05) is 6.92 Å². The Hall–Kier alpha value is -1.38. The molecule has 0 aliphatic carbocycles. The van der Waals surface area contributed by atoms with Crippen molar-refractivity contribution >= 4 is 11.9 Å². The highest BCUT2D eigenvalue weighted by Crippen LogP contribution is 2.11. The van der Waals surface area contributed by atoms with Crippen LogP contribution in [-0.4, -0.2) is 11.2 Å². The van der Waals surface area contributed by atoms with Crippen LogP contribution in [0.5, 0.6) is 0 Å². The quantitative estimate of drug-likeness (QED) is 0.563. The number of nitrogens with two attached hydrogens (primary N) is 1. The second-order valence-corrected chi connectivity index (χ2v) is 2.10. The van der Waals surface area contributed by atoms with Crippen LogP contribution in [0.15, 0.2) is 12.4 Å². The van der Waals surface area contributed by atoms with E-state index in [0.29, 0.717) is 11.3 Å². The van der Waals surface area contributed by atoms with Gasteiger partial charge in [0.15, 0.2) is 0 Å². The normalized spacial score (nSPS) is 9.30. The standard InChI is InChI=1S/C7H9N3/c1-5-3-10-4-6(2-8)7(5)9/h2-4,8H,1H3,(H2,9,10). The first-order chi connectivity index (χ1) is 4.75. The Kier molecular flexibility index (Phi) is 1.67. The molecule has 0 aliphatic rings. The van der Waals surface area contributed by atoms with Gasteiger partial charge in [-0.3, -0.25) is 4.98 Å². The maximum Gasteiger partial charge on any atom is 0.0463 e. The minimum Gasteiger partial charge on any atom is -0.398 e. The summed E-state index contributed by atoms with van der Waals surface area (Å²) in [6, 6.07) is 0. The van der Waals surface area contributed by atoms with Gasteiger partial charge in [-0.2, -0.15) is 0 Å². The molecule has 10 heavy (non-hydrogen) atoms. The lowest BCUT2D eigenvalue weighted by molar-refractivity contribution is 1.26. The first-order valence-electron chi connectivity index (χ1n) is 2.96. The highest BCUT2D eigenvalue weighted by atomic mass is 14.7. The third-order valence-corrected chi connectivity index (χ3v) is 1.37. The van der Waals surface area contributed by atoms with Gasteiger partial charge in [0.05, 0.1) is 0 Å². The summed E-state index contributed by atoms with van der Waals surface area (Å²) in [6.07, 6.45) is 4.47. The topological polar surface area (TPSA) is 62.8 Å². The minimum atomic E-state index is 0.644. The van der Waals surface area contributed by atoms with E-state index in [4.69, 9.17) is 11.1 Å². The number of hydrogen-bond donors (Lipinski definition) is 2. The van der Waals surface area contributed by atoms with Crippen LogP contribution in [0.3, 0.4) is 0 Å². The summed E-state index contributed by atoms with van der Waals surface area (Å²) in [5, 5.41) is 6.94. The highest BCUT2D eigenvalue weighted by molar-refractivity contribution is 5.85. The molecule has 0 saturated heterocycles. The first kappa shape index (κ1) is 6.74. The molecule has 0 radical (unpaired) electrons. The Morgan fingerprint density at radius 2 is 2.30 bits per heavy atom. The number of hydrogen-bond acceptors (Lipinski definition) is 3. The number of nitrogens with one attached hydrogen (secondary N) is 1. The van der Waals surface area contributed by atoms with E-state index < -0.39 is 0 Å². The molecule has 0 atom stereocenters. The highest BCUT2D eigenvalue weighted by Gasteiger charge is 1.96. The van der Waals surface area contributed by atoms with Crippen LogP contribution in [0.4, 0.5) is 5.69 Å². The Morgan fingerprint density at radius 3 is 2.80 bits per heavy atom. The second-order valence-electron chi connectivity index (χ2n) is 2.10. The Morgan fingerprint density at radius 1 is 1.60 bits per heavy atom. The van der Waals surface area contributed by atoms with Crippen molar-refractivity contribution in [3.8, 4) is 0 Å². The summed E-state index contributed by atoms with van der Waals surface area (Å²) in [4.78, 5) is 3.88. The molecular formula is C7H9N3. The van der Waals surface area contributed by atoms with E-state index in [9.17, 15) is 0 Å². The van der Waals surface area contributed by atoms with Crippen LogP contribution in [0, 0.1) is 12.3 Å². The van der Waals surface area contributed by atoms with Gasteiger partial charge in [-0.15, -0.1) is 0 Å². The lowest BCUT2D eigenvalue weighted by Crippen LogP contribution is -1.96. The van der Waals surface area contributed by atoms with Crippen molar-refractivity contribution in [3.63, 3.8) is 0 Å². The van der Waals surface area contributed by atoms with Crippen LogP contribution < -0.4 is 5.73 Å². The zero-order valence-electron chi connectivity index (χ0n) is 5.76. The van der Waals surface area contributed by atoms with Crippen molar-refractivity contribution in [3.05, 3.63) is 23.5 Å². The van der Waals surface area contributed by atoms with Crippen molar-refractivity contribution in [1.82, 2.24) is 4.98 Å². The van der Waals surface area contributed by atoms with Crippen LogP contribution in [0.1, 0.15) is 11.1 Å². The number of aryl methyl sites for hydroxylation is 1. The number of rotatable bonds is 1. The van der Waals surface area contributed by atoms with E-state index in [0.717, 1.165) is 5.56 Å². The second kappa shape index (κ2) is 2.47. The predicted octanol–water partition coefficient (Wildman–Crippen LogP) is 0.970. The molecule has 0 saturated carbocycles. The molecule has 1 rings (SSSR count). The zero-order valence-corrected chi connectivity index (χ0v) is 5.76. The fourth-order valence-electron chi connectivity index (χ4n) is 0.711. The number of pyridine rings is 1. The van der Waals surface area contributed by atoms with Gasteiger partial charge < -0.3 is 11.1 Å². The number of aromatic nitrogens is 1. The van der Waals surface area contributed by atoms with Gasteiger partial charge in [-0.05, 0) is 12.5 Å². The Labute approximate surface area is 59.4 Å². The molecule has 0 amide bonds. The third-order valence-electron chi connectivity index (χ3n) is 1.37. The average Bonchev–Trinajstić information content (AvgIpc) is 1.95. The summed E-state index contributed by atoms with van der Waals surface area (Å²) in [6.45, 7) is 1.87. The number of nitrogen functional groups attached to an aromatic ring is 1. The smallest absolute Gasteiger partial charge is 0.0463 e. The van der Waals surface area contributed by atoms with Gasteiger partial charge in [-0.25, -0.2) is 0 Å². The molecular weight excluding hydrogens is 126 g/mol. The Balaban J connectivity index is 3.27. The SMILES string of the molecule is Cc1cncc(C=N)c1N. The summed E-state index contributed by atoms with van der Waals surface area (Å²) in [5.41, 5.74) is 7.84. The van der Waals surface area contributed by atoms with E-state index >= 15 is 0 Å². The van der Waals surface area contributed by atoms with Gasteiger partial charge in [-0.1, -0.05) is 0 Å². The van der Waals surface area contributed by atoms with E-state index in [-0.39, 0.29) is 0 Å². The summed E-state index contributed by atoms with van der Waals surface area (Å²) in [5.74, 6) is 0. The monoisotopic (exact) mass is 135 g/mol. The van der Waals surface area contributed by atoms with Crippen molar-refractivity contribution in [2.24, 2.45) is 0 Å². The molecule has 52 valence electrons. The third kappa shape index (κ3) is 0.978. The largest absolute Gasteiger partial charge is 0.398 e. The molecule has 0 fully saturated rings. The fraction of sp³-hybridized carbons (Fsp3) is 0.143. The van der Waals surface area contributed by atoms with Crippen LogP contribution in [-0.2, 0) is 0 Å². The molecule has 1 heterocycles. The van der Waals surface area contributed by atoms with Crippen LogP contribution in [0.25, 0.3) is 0 Å². The van der Waals surface area contributed by atoms with Crippen molar-refractivity contribution in [2.75, 3.05) is 5.73 Å². The first-order valence-corrected chi connectivity index (χ1v) is 2.96. The van der Waals surface area contributed by atoms with E-state index in [1.54, 1.807) is 12.4 Å². The number of anilines is 1. The summed E-state index contributed by atoms with van der Waals surface area (Å²) in [7, 11) is 0. The summed E-state index contributed by atoms with van der Waals surface area (Å²) < 4.78 is 0. The van der Waals surface area contributed by atoms with Crippen molar-refractivity contribution in [1.29, 1.82) is 5.41 Å². The molecule has 3 N–H and O–H groups in total. The van der Waals surface area contributed by atoms with Crippen LogP contribution >= 0.6 is 0 Å². The molecule has 3 heteroatoms. The van der Waals surface area contributed by atoms with Crippen molar-refractivity contribution < 1.29 is 0 Å². The van der Waals surface area contributed by atoms with Crippen molar-refractivity contribution in [2.45, 2.75) is 6.92 Å². The van der Waals surface area contributed by atoms with Gasteiger partial charge in [0.1, 0.15) is 0 Å². The predicted molar refractivity (Wildman–Crippen MR) is 41.3 cm³/mol. The van der Waals surface area contributed by atoms with Gasteiger partial charge in [0.2, 0.25) is 0 Å². The van der Waals surface area contributed by atoms with Gasteiger partial charge >= 0.3 is 0 Å². The maximum atomic E-state index is 6.94. The molecule has 0 unspecified atom stereocenters. The van der Waals surface area contributed by atoms with E-state index in [2.05, 4.69) is 4.98 Å². The Bertz CT molecular complexity index is 255. The molecule has 0 aromatic carbocycles. The molecule has 1 aromatic rings. The lowest BCUT2D eigenvalue weighted by atomic mass is 10.2. The maximum absolute atomic E-state index is 6.94. The van der Waals surface area contributed by atoms with E-state index in [1.165, 1.54) is 6.21 Å².